The maximum absolute atomic E-state index is 9.35. The standard InChI is InChI=1S/C13H19NO/c1-10-7-12(8-10)14-13(9-15)11-5-3-2-4-6-11/h2-6,10,12-15H,7-9H2,1H3/t10?,12?,13-/m0/s1. The summed E-state index contributed by atoms with van der Waals surface area (Å²) in [7, 11) is 0. The van der Waals surface area contributed by atoms with Crippen LogP contribution in [0.15, 0.2) is 30.3 Å². The number of hydrogen-bond acceptors (Lipinski definition) is 2. The maximum atomic E-state index is 9.35. The fourth-order valence-electron chi connectivity index (χ4n) is 2.26. The van der Waals surface area contributed by atoms with Crippen molar-refractivity contribution in [3.63, 3.8) is 0 Å². The summed E-state index contributed by atoms with van der Waals surface area (Å²) in [6.45, 7) is 2.45. The molecule has 0 bridgehead atoms. The van der Waals surface area contributed by atoms with E-state index in [4.69, 9.17) is 0 Å². The molecule has 0 heterocycles. The van der Waals surface area contributed by atoms with Gasteiger partial charge in [-0.25, -0.2) is 0 Å². The summed E-state index contributed by atoms with van der Waals surface area (Å²) < 4.78 is 0. The number of aliphatic hydroxyl groups is 1. The Labute approximate surface area is 91.3 Å². The second-order valence-corrected chi connectivity index (χ2v) is 4.59. The summed E-state index contributed by atoms with van der Waals surface area (Å²) in [5, 5.41) is 12.9. The van der Waals surface area contributed by atoms with E-state index >= 15 is 0 Å². The van der Waals surface area contributed by atoms with E-state index in [1.54, 1.807) is 0 Å². The van der Waals surface area contributed by atoms with Gasteiger partial charge in [0.15, 0.2) is 0 Å². The molecule has 15 heavy (non-hydrogen) atoms. The SMILES string of the molecule is CC1CC(N[C@@H](CO)c2ccccc2)C1. The van der Waals surface area contributed by atoms with Crippen molar-refractivity contribution in [2.75, 3.05) is 6.61 Å². The highest BCUT2D eigenvalue weighted by Crippen LogP contribution is 2.28. The monoisotopic (exact) mass is 205 g/mol. The average Bonchev–Trinajstić information content (AvgIpc) is 2.24. The Balaban J connectivity index is 1.93. The molecule has 0 unspecified atom stereocenters. The van der Waals surface area contributed by atoms with E-state index in [-0.39, 0.29) is 12.6 Å². The third-order valence-corrected chi connectivity index (χ3v) is 3.20. The molecule has 82 valence electrons. The predicted octanol–water partition coefficient (Wildman–Crippen LogP) is 2.11. The summed E-state index contributed by atoms with van der Waals surface area (Å²) in [5.74, 6) is 0.845. The molecule has 0 aromatic heterocycles. The van der Waals surface area contributed by atoms with Crippen molar-refractivity contribution in [2.24, 2.45) is 5.92 Å². The lowest BCUT2D eigenvalue weighted by Gasteiger charge is -2.36. The molecule has 2 rings (SSSR count). The van der Waals surface area contributed by atoms with Gasteiger partial charge in [0.1, 0.15) is 0 Å². The van der Waals surface area contributed by atoms with Crippen molar-refractivity contribution in [3.05, 3.63) is 35.9 Å². The minimum atomic E-state index is 0.101. The normalized spacial score (nSPS) is 27.1. The van der Waals surface area contributed by atoms with Gasteiger partial charge in [-0.15, -0.1) is 0 Å². The highest BCUT2D eigenvalue weighted by atomic mass is 16.3. The number of rotatable bonds is 4. The molecule has 0 aliphatic heterocycles. The van der Waals surface area contributed by atoms with Crippen molar-refractivity contribution in [1.29, 1.82) is 0 Å². The second kappa shape index (κ2) is 4.77. The first kappa shape index (κ1) is 10.7. The van der Waals surface area contributed by atoms with Crippen LogP contribution in [0.5, 0.6) is 0 Å². The third-order valence-electron chi connectivity index (χ3n) is 3.20. The quantitative estimate of drug-likeness (QED) is 0.789. The first-order valence-electron chi connectivity index (χ1n) is 5.71. The first-order chi connectivity index (χ1) is 7.29. The van der Waals surface area contributed by atoms with Crippen LogP contribution in [0.4, 0.5) is 0 Å². The number of nitrogens with one attached hydrogen (secondary N) is 1. The van der Waals surface area contributed by atoms with Gasteiger partial charge >= 0.3 is 0 Å². The van der Waals surface area contributed by atoms with E-state index in [1.807, 2.05) is 18.2 Å². The topological polar surface area (TPSA) is 32.3 Å². The van der Waals surface area contributed by atoms with Gasteiger partial charge in [-0.1, -0.05) is 37.3 Å². The summed E-state index contributed by atoms with van der Waals surface area (Å²) in [5.41, 5.74) is 1.18. The molecule has 2 N–H and O–H groups in total. The van der Waals surface area contributed by atoms with E-state index in [0.717, 1.165) is 5.92 Å². The average molecular weight is 205 g/mol. The van der Waals surface area contributed by atoms with Crippen LogP contribution in [0, 0.1) is 5.92 Å². The molecule has 0 saturated heterocycles. The molecule has 1 fully saturated rings. The molecule has 1 aliphatic rings. The van der Waals surface area contributed by atoms with Gasteiger partial charge in [0.05, 0.1) is 12.6 Å². The number of benzene rings is 1. The van der Waals surface area contributed by atoms with Gasteiger partial charge < -0.3 is 10.4 Å². The van der Waals surface area contributed by atoms with Crippen molar-refractivity contribution in [3.8, 4) is 0 Å². The zero-order valence-electron chi connectivity index (χ0n) is 9.19. The van der Waals surface area contributed by atoms with Crippen LogP contribution in [0.1, 0.15) is 31.4 Å². The van der Waals surface area contributed by atoms with Crippen molar-refractivity contribution < 1.29 is 5.11 Å². The van der Waals surface area contributed by atoms with Crippen LogP contribution >= 0.6 is 0 Å². The molecule has 2 nitrogen and oxygen atoms in total. The van der Waals surface area contributed by atoms with E-state index in [2.05, 4.69) is 24.4 Å². The van der Waals surface area contributed by atoms with Gasteiger partial charge in [0, 0.05) is 6.04 Å². The molecule has 0 spiro atoms. The van der Waals surface area contributed by atoms with E-state index < -0.39 is 0 Å². The van der Waals surface area contributed by atoms with E-state index in [9.17, 15) is 5.11 Å². The summed E-state index contributed by atoms with van der Waals surface area (Å²) >= 11 is 0. The van der Waals surface area contributed by atoms with Gasteiger partial charge in [0.25, 0.3) is 0 Å². The Morgan fingerprint density at radius 3 is 2.53 bits per heavy atom. The molecule has 0 amide bonds. The molecule has 0 radical (unpaired) electrons. The van der Waals surface area contributed by atoms with Gasteiger partial charge in [-0.3, -0.25) is 0 Å². The van der Waals surface area contributed by atoms with E-state index in [0.29, 0.717) is 6.04 Å². The lowest BCUT2D eigenvalue weighted by molar-refractivity contribution is 0.178. The smallest absolute Gasteiger partial charge is 0.0626 e. The van der Waals surface area contributed by atoms with Gasteiger partial charge in [0.2, 0.25) is 0 Å². The zero-order chi connectivity index (χ0) is 10.7. The van der Waals surface area contributed by atoms with Gasteiger partial charge in [-0.05, 0) is 24.3 Å². The van der Waals surface area contributed by atoms with Crippen LogP contribution in [-0.2, 0) is 0 Å². The molecule has 1 aliphatic carbocycles. The summed E-state index contributed by atoms with van der Waals surface area (Å²) in [4.78, 5) is 0. The summed E-state index contributed by atoms with van der Waals surface area (Å²) in [6, 6.07) is 10.9. The minimum Gasteiger partial charge on any atom is -0.394 e. The maximum Gasteiger partial charge on any atom is 0.0626 e. The van der Waals surface area contributed by atoms with Crippen LogP contribution in [-0.4, -0.2) is 17.8 Å². The largest absolute Gasteiger partial charge is 0.394 e. The number of aliphatic hydroxyl groups excluding tert-OH is 1. The van der Waals surface area contributed by atoms with Gasteiger partial charge in [-0.2, -0.15) is 0 Å². The lowest BCUT2D eigenvalue weighted by Crippen LogP contribution is -2.43. The molecule has 1 aromatic rings. The Bertz CT molecular complexity index is 293. The van der Waals surface area contributed by atoms with Crippen molar-refractivity contribution in [2.45, 2.75) is 31.8 Å². The van der Waals surface area contributed by atoms with Crippen LogP contribution in [0.2, 0.25) is 0 Å². The predicted molar refractivity (Wildman–Crippen MR) is 61.6 cm³/mol. The molecule has 1 saturated carbocycles. The molecular weight excluding hydrogens is 186 g/mol. The molecule has 1 aromatic carbocycles. The molecular formula is C13H19NO. The highest BCUT2D eigenvalue weighted by Gasteiger charge is 2.27. The zero-order valence-corrected chi connectivity index (χ0v) is 9.19. The Kier molecular flexibility index (Phi) is 3.39. The summed E-state index contributed by atoms with van der Waals surface area (Å²) in [6.07, 6.45) is 2.48. The van der Waals surface area contributed by atoms with Crippen LogP contribution < -0.4 is 5.32 Å². The Hall–Kier alpha value is -0.860. The highest BCUT2D eigenvalue weighted by molar-refractivity contribution is 5.19. The van der Waals surface area contributed by atoms with E-state index in [1.165, 1.54) is 18.4 Å². The molecule has 1 atom stereocenters. The Morgan fingerprint density at radius 1 is 1.33 bits per heavy atom. The van der Waals surface area contributed by atoms with Crippen LogP contribution in [0.3, 0.4) is 0 Å². The van der Waals surface area contributed by atoms with Crippen LogP contribution in [0.25, 0.3) is 0 Å². The minimum absolute atomic E-state index is 0.101. The first-order valence-corrected chi connectivity index (χ1v) is 5.71. The molecule has 2 heteroatoms. The van der Waals surface area contributed by atoms with Crippen molar-refractivity contribution in [1.82, 2.24) is 5.32 Å². The fraction of sp³-hybridized carbons (Fsp3) is 0.538. The fourth-order valence-corrected chi connectivity index (χ4v) is 2.26. The third kappa shape index (κ3) is 2.58. The number of hydrogen-bond donors (Lipinski definition) is 2. The Morgan fingerprint density at radius 2 is 2.00 bits per heavy atom. The lowest BCUT2D eigenvalue weighted by atomic mass is 9.81. The second-order valence-electron chi connectivity index (χ2n) is 4.59. The van der Waals surface area contributed by atoms with Crippen molar-refractivity contribution >= 4 is 0 Å².